The van der Waals surface area contributed by atoms with E-state index in [9.17, 15) is 0 Å². The SMILES string of the molecule is CCOCc1nc(NN)cc(OCCOCCCOC)n1. The molecule has 0 saturated heterocycles. The molecule has 1 rings (SSSR count). The van der Waals surface area contributed by atoms with Crippen LogP contribution in [-0.4, -0.2) is 50.1 Å². The summed E-state index contributed by atoms with van der Waals surface area (Å²) in [4.78, 5) is 8.41. The molecule has 120 valence electrons. The van der Waals surface area contributed by atoms with E-state index in [4.69, 9.17) is 24.8 Å². The first-order valence-corrected chi connectivity index (χ1v) is 6.92. The number of rotatable bonds is 12. The molecule has 1 aromatic heterocycles. The first-order chi connectivity index (χ1) is 10.3. The van der Waals surface area contributed by atoms with E-state index in [1.807, 2.05) is 6.92 Å². The van der Waals surface area contributed by atoms with Crippen LogP contribution in [0.2, 0.25) is 0 Å². The number of aromatic nitrogens is 2. The van der Waals surface area contributed by atoms with E-state index in [0.29, 0.717) is 57.2 Å². The second kappa shape index (κ2) is 11.2. The Labute approximate surface area is 124 Å². The maximum Gasteiger partial charge on any atom is 0.218 e. The van der Waals surface area contributed by atoms with Crippen LogP contribution in [0.15, 0.2) is 6.07 Å². The van der Waals surface area contributed by atoms with Crippen molar-refractivity contribution in [3.8, 4) is 5.88 Å². The van der Waals surface area contributed by atoms with E-state index in [0.717, 1.165) is 6.42 Å². The smallest absolute Gasteiger partial charge is 0.218 e. The summed E-state index contributed by atoms with van der Waals surface area (Å²) in [7, 11) is 1.67. The Bertz CT molecular complexity index is 392. The van der Waals surface area contributed by atoms with Gasteiger partial charge in [0.05, 0.1) is 6.61 Å². The molecular formula is C13H24N4O4. The summed E-state index contributed by atoms with van der Waals surface area (Å²) in [6, 6.07) is 1.63. The fraction of sp³-hybridized carbons (Fsp3) is 0.692. The van der Waals surface area contributed by atoms with Gasteiger partial charge in [-0.15, -0.1) is 0 Å². The van der Waals surface area contributed by atoms with Gasteiger partial charge >= 0.3 is 0 Å². The summed E-state index contributed by atoms with van der Waals surface area (Å²) in [5.74, 6) is 6.80. The second-order valence-corrected chi connectivity index (χ2v) is 4.10. The lowest BCUT2D eigenvalue weighted by molar-refractivity contribution is 0.0791. The van der Waals surface area contributed by atoms with Crippen LogP contribution in [-0.2, 0) is 20.8 Å². The van der Waals surface area contributed by atoms with E-state index in [1.165, 1.54) is 0 Å². The number of hydrogen-bond donors (Lipinski definition) is 2. The Morgan fingerprint density at radius 1 is 1.14 bits per heavy atom. The summed E-state index contributed by atoms with van der Waals surface area (Å²) >= 11 is 0. The van der Waals surface area contributed by atoms with Crippen molar-refractivity contribution >= 4 is 5.82 Å². The van der Waals surface area contributed by atoms with Gasteiger partial charge in [-0.1, -0.05) is 0 Å². The average Bonchev–Trinajstić information content (AvgIpc) is 2.51. The lowest BCUT2D eigenvalue weighted by Gasteiger charge is -2.09. The highest BCUT2D eigenvalue weighted by atomic mass is 16.5. The van der Waals surface area contributed by atoms with Gasteiger partial charge in [-0.2, -0.15) is 4.98 Å². The van der Waals surface area contributed by atoms with Gasteiger partial charge in [0.15, 0.2) is 5.82 Å². The second-order valence-electron chi connectivity index (χ2n) is 4.10. The third kappa shape index (κ3) is 7.76. The Morgan fingerprint density at radius 2 is 2.00 bits per heavy atom. The summed E-state index contributed by atoms with van der Waals surface area (Å²) in [6.07, 6.45) is 0.865. The lowest BCUT2D eigenvalue weighted by Crippen LogP contribution is -2.13. The third-order valence-electron chi connectivity index (χ3n) is 2.45. The van der Waals surface area contributed by atoms with E-state index < -0.39 is 0 Å². The molecule has 0 spiro atoms. The van der Waals surface area contributed by atoms with Crippen LogP contribution >= 0.6 is 0 Å². The summed E-state index contributed by atoms with van der Waals surface area (Å²) < 4.78 is 21.1. The van der Waals surface area contributed by atoms with Crippen LogP contribution in [0.4, 0.5) is 5.82 Å². The predicted octanol–water partition coefficient (Wildman–Crippen LogP) is 0.731. The molecule has 0 amide bonds. The Morgan fingerprint density at radius 3 is 2.71 bits per heavy atom. The molecule has 1 heterocycles. The molecule has 8 nitrogen and oxygen atoms in total. The van der Waals surface area contributed by atoms with Crippen LogP contribution in [0.25, 0.3) is 0 Å². The molecule has 0 aliphatic carbocycles. The topological polar surface area (TPSA) is 101 Å². The zero-order valence-electron chi connectivity index (χ0n) is 12.6. The molecule has 8 heteroatoms. The van der Waals surface area contributed by atoms with Gasteiger partial charge in [-0.05, 0) is 13.3 Å². The zero-order chi connectivity index (χ0) is 15.3. The van der Waals surface area contributed by atoms with Crippen molar-refractivity contribution in [3.63, 3.8) is 0 Å². The number of nitrogen functional groups attached to an aromatic ring is 1. The largest absolute Gasteiger partial charge is 0.475 e. The lowest BCUT2D eigenvalue weighted by atomic mass is 10.5. The monoisotopic (exact) mass is 300 g/mol. The minimum Gasteiger partial charge on any atom is -0.475 e. The molecule has 0 bridgehead atoms. The Balaban J connectivity index is 2.35. The number of anilines is 1. The normalized spacial score (nSPS) is 10.6. The standard InChI is InChI=1S/C13H24N4O4/c1-3-19-10-12-15-11(17-14)9-13(16-12)21-8-7-20-6-4-5-18-2/h9H,3-8,10,14H2,1-2H3,(H,15,16,17). The quantitative estimate of drug-likeness (QED) is 0.331. The van der Waals surface area contributed by atoms with Gasteiger partial charge in [0.2, 0.25) is 5.88 Å². The first kappa shape index (κ1) is 17.6. The molecule has 21 heavy (non-hydrogen) atoms. The van der Waals surface area contributed by atoms with Crippen molar-refractivity contribution in [2.75, 3.05) is 45.6 Å². The number of nitrogens with one attached hydrogen (secondary N) is 1. The number of hydrogen-bond acceptors (Lipinski definition) is 8. The van der Waals surface area contributed by atoms with Gasteiger partial charge in [0.25, 0.3) is 0 Å². The van der Waals surface area contributed by atoms with Crippen molar-refractivity contribution in [1.29, 1.82) is 0 Å². The van der Waals surface area contributed by atoms with Crippen LogP contribution < -0.4 is 16.0 Å². The van der Waals surface area contributed by atoms with E-state index in [2.05, 4.69) is 15.4 Å². The number of nitrogens with two attached hydrogens (primary N) is 1. The van der Waals surface area contributed by atoms with E-state index >= 15 is 0 Å². The number of hydrazine groups is 1. The van der Waals surface area contributed by atoms with Crippen molar-refractivity contribution in [2.24, 2.45) is 5.84 Å². The Hall–Kier alpha value is -1.48. The summed E-state index contributed by atoms with van der Waals surface area (Å²) in [6.45, 7) is 5.04. The molecule has 0 saturated carbocycles. The maximum absolute atomic E-state index is 5.52. The molecular weight excluding hydrogens is 276 g/mol. The van der Waals surface area contributed by atoms with Crippen LogP contribution in [0, 0.1) is 0 Å². The highest BCUT2D eigenvalue weighted by molar-refractivity contribution is 5.36. The predicted molar refractivity (Wildman–Crippen MR) is 78.0 cm³/mol. The highest BCUT2D eigenvalue weighted by Crippen LogP contribution is 2.13. The number of methoxy groups -OCH3 is 1. The minimum absolute atomic E-state index is 0.315. The molecule has 0 fully saturated rings. The highest BCUT2D eigenvalue weighted by Gasteiger charge is 2.05. The van der Waals surface area contributed by atoms with Gasteiger partial charge in [-0.25, -0.2) is 10.8 Å². The van der Waals surface area contributed by atoms with Crippen LogP contribution in [0.1, 0.15) is 19.2 Å². The van der Waals surface area contributed by atoms with Crippen molar-refractivity contribution < 1.29 is 18.9 Å². The van der Waals surface area contributed by atoms with Crippen molar-refractivity contribution in [3.05, 3.63) is 11.9 Å². The molecule has 0 aromatic carbocycles. The zero-order valence-corrected chi connectivity index (χ0v) is 12.6. The van der Waals surface area contributed by atoms with Crippen molar-refractivity contribution in [2.45, 2.75) is 20.0 Å². The van der Waals surface area contributed by atoms with Crippen molar-refractivity contribution in [1.82, 2.24) is 9.97 Å². The molecule has 0 unspecified atom stereocenters. The fourth-order valence-electron chi connectivity index (χ4n) is 1.49. The molecule has 0 aliphatic rings. The molecule has 0 atom stereocenters. The Kier molecular flexibility index (Phi) is 9.38. The maximum atomic E-state index is 5.52. The van der Waals surface area contributed by atoms with E-state index in [1.54, 1.807) is 13.2 Å². The molecule has 1 aromatic rings. The molecule has 0 aliphatic heterocycles. The van der Waals surface area contributed by atoms with E-state index in [-0.39, 0.29) is 0 Å². The molecule has 0 radical (unpaired) electrons. The fourth-order valence-corrected chi connectivity index (χ4v) is 1.49. The minimum atomic E-state index is 0.315. The van der Waals surface area contributed by atoms with Gasteiger partial charge in [-0.3, -0.25) is 0 Å². The average molecular weight is 300 g/mol. The van der Waals surface area contributed by atoms with Gasteiger partial charge < -0.3 is 24.4 Å². The third-order valence-corrected chi connectivity index (χ3v) is 2.45. The summed E-state index contributed by atoms with van der Waals surface area (Å²) in [5.41, 5.74) is 2.48. The van der Waals surface area contributed by atoms with Crippen LogP contribution in [0.3, 0.4) is 0 Å². The van der Waals surface area contributed by atoms with Crippen LogP contribution in [0.5, 0.6) is 5.88 Å². The molecule has 3 N–H and O–H groups in total. The summed E-state index contributed by atoms with van der Waals surface area (Å²) in [5, 5.41) is 0. The van der Waals surface area contributed by atoms with Gasteiger partial charge in [0.1, 0.15) is 19.0 Å². The number of ether oxygens (including phenoxy) is 4. The number of nitrogens with zero attached hydrogens (tertiary/aromatic N) is 2. The van der Waals surface area contributed by atoms with Gasteiger partial charge in [0, 0.05) is 33.0 Å². The first-order valence-electron chi connectivity index (χ1n) is 6.92.